The summed E-state index contributed by atoms with van der Waals surface area (Å²) in [6, 6.07) is 9.13. The van der Waals surface area contributed by atoms with Crippen molar-refractivity contribution in [3.63, 3.8) is 0 Å². The van der Waals surface area contributed by atoms with Gasteiger partial charge >= 0.3 is 5.97 Å². The number of amides is 1. The average molecular weight is 432 g/mol. The molecule has 8 heteroatoms. The number of nitrogens with one attached hydrogen (secondary N) is 2. The van der Waals surface area contributed by atoms with Gasteiger partial charge in [0.2, 0.25) is 0 Å². The summed E-state index contributed by atoms with van der Waals surface area (Å²) in [7, 11) is 0. The fraction of sp³-hybridized carbons (Fsp3) is 0.652. The molecule has 7 atom stereocenters. The number of unbranched alkanes of at least 4 members (excludes halogenated alkanes) is 3. The summed E-state index contributed by atoms with van der Waals surface area (Å²) < 4.78 is 12.0. The first-order valence-corrected chi connectivity index (χ1v) is 11.4. The summed E-state index contributed by atoms with van der Waals surface area (Å²) in [6.45, 7) is 0.626. The molecule has 5 N–H and O–H groups in total. The predicted molar refractivity (Wildman–Crippen MR) is 114 cm³/mol. The first kappa shape index (κ1) is 22.2. The first-order valence-electron chi connectivity index (χ1n) is 11.4. The van der Waals surface area contributed by atoms with Gasteiger partial charge in [0.15, 0.2) is 0 Å². The molecule has 3 fully saturated rings. The predicted octanol–water partition coefficient (Wildman–Crippen LogP) is 1.38. The molecule has 0 radical (unpaired) electrons. The van der Waals surface area contributed by atoms with Crippen molar-refractivity contribution in [3.8, 4) is 0 Å². The van der Waals surface area contributed by atoms with E-state index in [4.69, 9.17) is 20.3 Å². The van der Waals surface area contributed by atoms with Crippen LogP contribution in [-0.4, -0.2) is 54.0 Å². The molecule has 1 aromatic carbocycles. The molecule has 3 aliphatic rings. The maximum atomic E-state index is 12.4. The van der Waals surface area contributed by atoms with Crippen molar-refractivity contribution in [2.24, 2.45) is 17.6 Å². The molecule has 3 heterocycles. The minimum atomic E-state index is -0.727. The Kier molecular flexibility index (Phi) is 7.22. The third-order valence-corrected chi connectivity index (χ3v) is 6.78. The second-order valence-corrected chi connectivity index (χ2v) is 8.97. The Morgan fingerprint density at radius 3 is 2.39 bits per heavy atom. The minimum Gasteiger partial charge on any atom is -0.481 e. The number of ether oxygens (including phenoxy) is 2. The lowest BCUT2D eigenvalue weighted by Crippen LogP contribution is -2.51. The second kappa shape index (κ2) is 10.1. The molecule has 0 saturated carbocycles. The van der Waals surface area contributed by atoms with E-state index in [1.807, 2.05) is 30.3 Å². The number of hydrogen-bond acceptors (Lipinski definition) is 6. The van der Waals surface area contributed by atoms with Gasteiger partial charge in [0.05, 0.1) is 18.2 Å². The standard InChI is InChI=1S/C23H33N3O5/c24-17(12-14-8-4-3-5-9-14)23(29)26-25-13-16-15(10-6-1-2-7-11-18(27)28)19-21-22(31-21)20(16)30-19/h3-5,8-9,15-17,19-22,25H,1-2,6-7,10-13,24H2,(H,26,29)(H,27,28)/t15-,16+,17+,19+,20-,21-,22+/m1/s1. The van der Waals surface area contributed by atoms with Crippen LogP contribution in [0.25, 0.3) is 0 Å². The summed E-state index contributed by atoms with van der Waals surface area (Å²) in [6.07, 6.45) is 6.22. The normalized spacial score (nSPS) is 31.3. The number of fused-ring (bicyclic) bond motifs is 5. The molecule has 1 aromatic rings. The van der Waals surface area contributed by atoms with Crippen LogP contribution >= 0.6 is 0 Å². The molecule has 170 valence electrons. The van der Waals surface area contributed by atoms with E-state index < -0.39 is 12.0 Å². The number of benzene rings is 1. The molecular weight excluding hydrogens is 398 g/mol. The number of hydrogen-bond donors (Lipinski definition) is 4. The van der Waals surface area contributed by atoms with E-state index in [0.29, 0.717) is 24.8 Å². The van der Waals surface area contributed by atoms with Crippen molar-refractivity contribution in [1.29, 1.82) is 0 Å². The molecular formula is C23H33N3O5. The zero-order valence-electron chi connectivity index (χ0n) is 17.7. The van der Waals surface area contributed by atoms with Crippen LogP contribution in [0.2, 0.25) is 0 Å². The van der Waals surface area contributed by atoms with Crippen molar-refractivity contribution >= 4 is 11.9 Å². The number of rotatable bonds is 13. The Morgan fingerprint density at radius 1 is 0.968 bits per heavy atom. The van der Waals surface area contributed by atoms with Crippen molar-refractivity contribution in [2.75, 3.05) is 6.54 Å². The Labute approximate surface area is 182 Å². The summed E-state index contributed by atoms with van der Waals surface area (Å²) in [5.74, 6) is -0.257. The zero-order chi connectivity index (χ0) is 21.8. The van der Waals surface area contributed by atoms with E-state index in [1.165, 1.54) is 0 Å². The van der Waals surface area contributed by atoms with E-state index in [0.717, 1.165) is 37.7 Å². The number of carbonyl (C=O) groups is 2. The lowest BCUT2D eigenvalue weighted by Gasteiger charge is -2.26. The topological polar surface area (TPSA) is 126 Å². The number of carbonyl (C=O) groups excluding carboxylic acids is 1. The van der Waals surface area contributed by atoms with Crippen LogP contribution in [0.15, 0.2) is 30.3 Å². The summed E-state index contributed by atoms with van der Waals surface area (Å²) in [5, 5.41) is 8.74. The fourth-order valence-corrected chi connectivity index (χ4v) is 5.14. The number of epoxide rings is 1. The maximum Gasteiger partial charge on any atom is 0.303 e. The monoisotopic (exact) mass is 431 g/mol. The van der Waals surface area contributed by atoms with Gasteiger partial charge in [-0.25, -0.2) is 5.43 Å². The van der Waals surface area contributed by atoms with Crippen molar-refractivity contribution in [1.82, 2.24) is 10.9 Å². The highest BCUT2D eigenvalue weighted by atomic mass is 16.7. The van der Waals surface area contributed by atoms with Crippen LogP contribution in [0, 0.1) is 11.8 Å². The Balaban J connectivity index is 1.19. The highest BCUT2D eigenvalue weighted by molar-refractivity contribution is 5.81. The highest BCUT2D eigenvalue weighted by Crippen LogP contribution is 2.54. The molecule has 31 heavy (non-hydrogen) atoms. The third kappa shape index (κ3) is 5.44. The summed E-state index contributed by atoms with van der Waals surface area (Å²) in [4.78, 5) is 23.0. The van der Waals surface area contributed by atoms with Gasteiger partial charge in [-0.15, -0.1) is 0 Å². The van der Waals surface area contributed by atoms with Gasteiger partial charge in [0, 0.05) is 18.9 Å². The molecule has 3 saturated heterocycles. The van der Waals surface area contributed by atoms with E-state index in [9.17, 15) is 9.59 Å². The summed E-state index contributed by atoms with van der Waals surface area (Å²) in [5.41, 5.74) is 12.9. The average Bonchev–Trinajstić information content (AvgIpc) is 3.38. The Hall–Kier alpha value is -2.00. The molecule has 8 nitrogen and oxygen atoms in total. The van der Waals surface area contributed by atoms with E-state index in [-0.39, 0.29) is 36.7 Å². The van der Waals surface area contributed by atoms with Crippen molar-refractivity contribution in [2.45, 2.75) is 75.4 Å². The Bertz CT molecular complexity index is 761. The molecule has 1 amide bonds. The Morgan fingerprint density at radius 2 is 1.65 bits per heavy atom. The van der Waals surface area contributed by atoms with Gasteiger partial charge in [-0.1, -0.05) is 49.6 Å². The summed E-state index contributed by atoms with van der Waals surface area (Å²) >= 11 is 0. The van der Waals surface area contributed by atoms with Gasteiger partial charge in [0.1, 0.15) is 12.2 Å². The number of carboxylic acids is 1. The molecule has 0 aliphatic carbocycles. The van der Waals surface area contributed by atoms with Gasteiger partial charge in [-0.2, -0.15) is 0 Å². The smallest absolute Gasteiger partial charge is 0.303 e. The third-order valence-electron chi connectivity index (χ3n) is 6.78. The first-order chi connectivity index (χ1) is 15.0. The van der Waals surface area contributed by atoms with Crippen molar-refractivity contribution in [3.05, 3.63) is 35.9 Å². The molecule has 0 aromatic heterocycles. The minimum absolute atomic E-state index is 0.0920. The van der Waals surface area contributed by atoms with Gasteiger partial charge < -0.3 is 20.3 Å². The van der Waals surface area contributed by atoms with E-state index in [2.05, 4.69) is 10.9 Å². The molecule has 4 rings (SSSR count). The molecule has 0 unspecified atom stereocenters. The number of hydrazine groups is 1. The van der Waals surface area contributed by atoms with Crippen LogP contribution in [-0.2, 0) is 25.5 Å². The second-order valence-electron chi connectivity index (χ2n) is 8.97. The largest absolute Gasteiger partial charge is 0.481 e. The van der Waals surface area contributed by atoms with Crippen LogP contribution in [0.1, 0.15) is 44.1 Å². The lowest BCUT2D eigenvalue weighted by molar-refractivity contribution is -0.137. The van der Waals surface area contributed by atoms with Gasteiger partial charge in [-0.3, -0.25) is 15.0 Å². The molecule has 0 spiro atoms. The van der Waals surface area contributed by atoms with Gasteiger partial charge in [-0.05, 0) is 30.7 Å². The molecule has 3 aliphatic heterocycles. The van der Waals surface area contributed by atoms with Crippen LogP contribution in [0.5, 0.6) is 0 Å². The highest BCUT2D eigenvalue weighted by Gasteiger charge is 2.68. The van der Waals surface area contributed by atoms with E-state index in [1.54, 1.807) is 0 Å². The maximum absolute atomic E-state index is 12.4. The zero-order valence-corrected chi connectivity index (χ0v) is 17.7. The van der Waals surface area contributed by atoms with Crippen LogP contribution in [0.3, 0.4) is 0 Å². The SMILES string of the molecule is N[C@@H](Cc1ccccc1)C(=O)NNC[C@H]1[C@@H](CCCCCCC(=O)O)[C@@H]2O[C@H]1[C@@H]1O[C@@H]12. The van der Waals surface area contributed by atoms with Crippen LogP contribution in [0.4, 0.5) is 0 Å². The quantitative estimate of drug-likeness (QED) is 0.211. The van der Waals surface area contributed by atoms with Crippen molar-refractivity contribution < 1.29 is 24.2 Å². The van der Waals surface area contributed by atoms with Gasteiger partial charge in [0.25, 0.3) is 5.91 Å². The number of nitrogens with two attached hydrogens (primary N) is 1. The number of carboxylic acid groups (broad SMARTS) is 1. The number of aliphatic carboxylic acids is 1. The van der Waals surface area contributed by atoms with Crippen LogP contribution < -0.4 is 16.6 Å². The lowest BCUT2D eigenvalue weighted by atomic mass is 9.76. The molecule has 2 bridgehead atoms. The fourth-order valence-electron chi connectivity index (χ4n) is 5.14. The van der Waals surface area contributed by atoms with E-state index >= 15 is 0 Å².